The van der Waals surface area contributed by atoms with E-state index in [1.165, 1.54) is 18.6 Å². The maximum Gasteiger partial charge on any atom is 0.336 e. The fourth-order valence-corrected chi connectivity index (χ4v) is 1.53. The monoisotopic (exact) mass is 222 g/mol. The standard InChI is InChI=1S/C11H7ClO3/c12-8-1-2-9(7-3-4-15-6-7)10(5-8)11(13)14/h1-6H,(H,13,14). The third-order valence-electron chi connectivity index (χ3n) is 2.04. The minimum Gasteiger partial charge on any atom is -0.478 e. The van der Waals surface area contributed by atoms with E-state index in [1.807, 2.05) is 0 Å². The van der Waals surface area contributed by atoms with Crippen LogP contribution in [0, 0.1) is 0 Å². The molecule has 0 saturated heterocycles. The van der Waals surface area contributed by atoms with Gasteiger partial charge in [-0.3, -0.25) is 0 Å². The topological polar surface area (TPSA) is 50.4 Å². The van der Waals surface area contributed by atoms with Gasteiger partial charge in [0.2, 0.25) is 0 Å². The van der Waals surface area contributed by atoms with E-state index in [4.69, 9.17) is 21.1 Å². The molecule has 76 valence electrons. The highest BCUT2D eigenvalue weighted by atomic mass is 35.5. The first-order valence-corrected chi connectivity index (χ1v) is 4.61. The Kier molecular flexibility index (Phi) is 2.47. The number of carboxylic acids is 1. The van der Waals surface area contributed by atoms with Gasteiger partial charge in [0.05, 0.1) is 18.1 Å². The van der Waals surface area contributed by atoms with Crippen LogP contribution in [0.3, 0.4) is 0 Å². The molecule has 1 aromatic heterocycles. The number of carboxylic acid groups (broad SMARTS) is 1. The molecule has 0 fully saturated rings. The lowest BCUT2D eigenvalue weighted by Crippen LogP contribution is -1.98. The van der Waals surface area contributed by atoms with Crippen LogP contribution in [-0.2, 0) is 0 Å². The first kappa shape index (κ1) is 9.80. The van der Waals surface area contributed by atoms with Crippen LogP contribution >= 0.6 is 11.6 Å². The van der Waals surface area contributed by atoms with Crippen LogP contribution in [0.25, 0.3) is 11.1 Å². The molecule has 0 bridgehead atoms. The van der Waals surface area contributed by atoms with Gasteiger partial charge in [0.1, 0.15) is 0 Å². The van der Waals surface area contributed by atoms with Crippen molar-refractivity contribution in [1.29, 1.82) is 0 Å². The molecule has 1 N–H and O–H groups in total. The van der Waals surface area contributed by atoms with Gasteiger partial charge in [0.25, 0.3) is 0 Å². The molecule has 0 saturated carbocycles. The summed E-state index contributed by atoms with van der Waals surface area (Å²) in [4.78, 5) is 11.0. The lowest BCUT2D eigenvalue weighted by Gasteiger charge is -2.03. The van der Waals surface area contributed by atoms with E-state index in [0.29, 0.717) is 10.6 Å². The fourth-order valence-electron chi connectivity index (χ4n) is 1.36. The molecule has 0 radical (unpaired) electrons. The molecule has 0 aliphatic carbocycles. The van der Waals surface area contributed by atoms with Crippen molar-refractivity contribution in [3.63, 3.8) is 0 Å². The van der Waals surface area contributed by atoms with Crippen molar-refractivity contribution >= 4 is 17.6 Å². The number of hydrogen-bond acceptors (Lipinski definition) is 2. The summed E-state index contributed by atoms with van der Waals surface area (Å²) < 4.78 is 4.91. The van der Waals surface area contributed by atoms with Gasteiger partial charge in [0.15, 0.2) is 0 Å². The zero-order valence-electron chi connectivity index (χ0n) is 7.61. The normalized spacial score (nSPS) is 10.2. The number of rotatable bonds is 2. The van der Waals surface area contributed by atoms with Gasteiger partial charge in [-0.2, -0.15) is 0 Å². The van der Waals surface area contributed by atoms with E-state index in [1.54, 1.807) is 18.2 Å². The fraction of sp³-hybridized carbons (Fsp3) is 0. The van der Waals surface area contributed by atoms with Gasteiger partial charge in [-0.1, -0.05) is 17.7 Å². The van der Waals surface area contributed by atoms with E-state index in [2.05, 4.69) is 0 Å². The van der Waals surface area contributed by atoms with Gasteiger partial charge < -0.3 is 9.52 Å². The Hall–Kier alpha value is -1.74. The largest absolute Gasteiger partial charge is 0.478 e. The van der Waals surface area contributed by atoms with E-state index in [-0.39, 0.29) is 5.56 Å². The average molecular weight is 223 g/mol. The molecule has 2 aromatic rings. The Morgan fingerprint density at radius 3 is 2.73 bits per heavy atom. The highest BCUT2D eigenvalue weighted by Gasteiger charge is 2.12. The smallest absolute Gasteiger partial charge is 0.336 e. The summed E-state index contributed by atoms with van der Waals surface area (Å²) >= 11 is 5.74. The molecule has 0 spiro atoms. The number of carbonyl (C=O) groups is 1. The van der Waals surface area contributed by atoms with E-state index >= 15 is 0 Å². The maximum absolute atomic E-state index is 11.0. The predicted molar refractivity (Wildman–Crippen MR) is 56.1 cm³/mol. The molecule has 0 amide bonds. The molecular formula is C11H7ClO3. The lowest BCUT2D eigenvalue weighted by molar-refractivity contribution is 0.0697. The number of benzene rings is 1. The molecule has 2 rings (SSSR count). The summed E-state index contributed by atoms with van der Waals surface area (Å²) in [5.74, 6) is -1.01. The molecule has 1 heterocycles. The Morgan fingerprint density at radius 1 is 1.33 bits per heavy atom. The van der Waals surface area contributed by atoms with Crippen molar-refractivity contribution < 1.29 is 14.3 Å². The summed E-state index contributed by atoms with van der Waals surface area (Å²) in [6.45, 7) is 0. The summed E-state index contributed by atoms with van der Waals surface area (Å²) in [5.41, 5.74) is 1.49. The van der Waals surface area contributed by atoms with Crippen LogP contribution in [0.4, 0.5) is 0 Å². The van der Waals surface area contributed by atoms with E-state index in [9.17, 15) is 4.79 Å². The molecule has 3 nitrogen and oxygen atoms in total. The SMILES string of the molecule is O=C(O)c1cc(Cl)ccc1-c1ccoc1. The minimum atomic E-state index is -1.01. The molecule has 1 aromatic carbocycles. The van der Waals surface area contributed by atoms with Gasteiger partial charge in [0, 0.05) is 10.6 Å². The van der Waals surface area contributed by atoms with Crippen molar-refractivity contribution in [2.45, 2.75) is 0 Å². The second kappa shape index (κ2) is 3.79. The van der Waals surface area contributed by atoms with Gasteiger partial charge in [-0.15, -0.1) is 0 Å². The minimum absolute atomic E-state index is 0.170. The van der Waals surface area contributed by atoms with Crippen molar-refractivity contribution in [3.8, 4) is 11.1 Å². The van der Waals surface area contributed by atoms with Gasteiger partial charge >= 0.3 is 5.97 Å². The van der Waals surface area contributed by atoms with Crippen LogP contribution in [0.2, 0.25) is 5.02 Å². The predicted octanol–water partition coefficient (Wildman–Crippen LogP) is 3.30. The Balaban J connectivity index is 2.61. The molecule has 0 unspecified atom stereocenters. The van der Waals surface area contributed by atoms with Gasteiger partial charge in [-0.05, 0) is 23.8 Å². The quantitative estimate of drug-likeness (QED) is 0.848. The zero-order valence-corrected chi connectivity index (χ0v) is 8.36. The highest BCUT2D eigenvalue weighted by Crippen LogP contribution is 2.26. The molecule has 4 heteroatoms. The maximum atomic E-state index is 11.0. The summed E-state index contributed by atoms with van der Waals surface area (Å²) in [6, 6.07) is 6.44. The van der Waals surface area contributed by atoms with Crippen molar-refractivity contribution in [2.24, 2.45) is 0 Å². The van der Waals surface area contributed by atoms with E-state index < -0.39 is 5.97 Å². The van der Waals surface area contributed by atoms with Crippen molar-refractivity contribution in [1.82, 2.24) is 0 Å². The van der Waals surface area contributed by atoms with Crippen molar-refractivity contribution in [2.75, 3.05) is 0 Å². The Morgan fingerprint density at radius 2 is 2.13 bits per heavy atom. The average Bonchev–Trinajstić information content (AvgIpc) is 2.70. The number of halogens is 1. The van der Waals surface area contributed by atoms with E-state index in [0.717, 1.165) is 5.56 Å². The molecule has 0 atom stereocenters. The Labute approximate surface area is 90.9 Å². The zero-order chi connectivity index (χ0) is 10.8. The van der Waals surface area contributed by atoms with Gasteiger partial charge in [-0.25, -0.2) is 4.79 Å². The van der Waals surface area contributed by atoms with Crippen LogP contribution in [-0.4, -0.2) is 11.1 Å². The first-order chi connectivity index (χ1) is 7.18. The Bertz CT molecular complexity index is 489. The highest BCUT2D eigenvalue weighted by molar-refractivity contribution is 6.31. The summed E-state index contributed by atoms with van der Waals surface area (Å²) in [6.07, 6.45) is 2.99. The van der Waals surface area contributed by atoms with Crippen LogP contribution in [0.5, 0.6) is 0 Å². The lowest BCUT2D eigenvalue weighted by atomic mass is 10.0. The first-order valence-electron chi connectivity index (χ1n) is 4.24. The number of aromatic carboxylic acids is 1. The molecular weight excluding hydrogens is 216 g/mol. The van der Waals surface area contributed by atoms with Crippen LogP contribution in [0.1, 0.15) is 10.4 Å². The number of hydrogen-bond donors (Lipinski definition) is 1. The second-order valence-corrected chi connectivity index (χ2v) is 3.44. The van der Waals surface area contributed by atoms with Crippen LogP contribution < -0.4 is 0 Å². The number of furan rings is 1. The molecule has 0 aliphatic heterocycles. The third-order valence-corrected chi connectivity index (χ3v) is 2.28. The summed E-state index contributed by atoms with van der Waals surface area (Å²) in [5, 5.41) is 9.40. The summed E-state index contributed by atoms with van der Waals surface area (Å²) in [7, 11) is 0. The van der Waals surface area contributed by atoms with Crippen molar-refractivity contribution in [3.05, 3.63) is 47.4 Å². The molecule has 15 heavy (non-hydrogen) atoms. The van der Waals surface area contributed by atoms with Crippen LogP contribution in [0.15, 0.2) is 41.2 Å². The molecule has 0 aliphatic rings. The second-order valence-electron chi connectivity index (χ2n) is 3.01. The third kappa shape index (κ3) is 1.87.